The molecule has 0 atom stereocenters. The molecule has 0 fully saturated rings. The molecule has 15 heavy (non-hydrogen) atoms. The summed E-state index contributed by atoms with van der Waals surface area (Å²) in [7, 11) is 0. The molecule has 2 aromatic heterocycles. The van der Waals surface area contributed by atoms with E-state index >= 15 is 0 Å². The molecule has 0 N–H and O–H groups in total. The first-order valence-electron chi connectivity index (χ1n) is 4.29. The number of carbonyl (C=O) groups is 1. The Labute approximate surface area is 90.6 Å². The van der Waals surface area contributed by atoms with Crippen molar-refractivity contribution in [1.29, 1.82) is 0 Å². The summed E-state index contributed by atoms with van der Waals surface area (Å²) in [6.07, 6.45) is 3.42. The molecule has 2 heterocycles. The Morgan fingerprint density at radius 1 is 1.47 bits per heavy atom. The second kappa shape index (κ2) is 4.18. The van der Waals surface area contributed by atoms with E-state index in [2.05, 4.69) is 14.7 Å². The van der Waals surface area contributed by atoms with Crippen LogP contribution in [0.4, 0.5) is 0 Å². The van der Waals surface area contributed by atoms with E-state index in [0.29, 0.717) is 11.7 Å². The fraction of sp³-hybridized carbons (Fsp3) is 0.100. The summed E-state index contributed by atoms with van der Waals surface area (Å²) in [4.78, 5) is 19.1. The van der Waals surface area contributed by atoms with Gasteiger partial charge >= 0.3 is 0 Å². The van der Waals surface area contributed by atoms with Crippen LogP contribution in [0.3, 0.4) is 0 Å². The van der Waals surface area contributed by atoms with Crippen LogP contribution in [0.2, 0.25) is 0 Å². The monoisotopic (exact) mass is 220 g/mol. The molecule has 0 aliphatic carbocycles. The van der Waals surface area contributed by atoms with Gasteiger partial charge in [0.25, 0.3) is 11.7 Å². The molecule has 0 amide bonds. The number of thiazole rings is 1. The van der Waals surface area contributed by atoms with Crippen LogP contribution < -0.4 is 4.74 Å². The van der Waals surface area contributed by atoms with Crippen molar-refractivity contribution in [2.75, 3.05) is 0 Å². The van der Waals surface area contributed by atoms with Crippen molar-refractivity contribution < 1.29 is 9.53 Å². The summed E-state index contributed by atoms with van der Waals surface area (Å²) in [6.45, 7) is 2.30. The highest BCUT2D eigenvalue weighted by molar-refractivity contribution is 7.16. The summed E-state index contributed by atoms with van der Waals surface area (Å²) in [5, 5.41) is 0.356. The van der Waals surface area contributed by atoms with Crippen molar-refractivity contribution >= 4 is 17.8 Å². The third kappa shape index (κ3) is 2.19. The Hall–Kier alpha value is -1.75. The van der Waals surface area contributed by atoms with Crippen LogP contribution in [0.15, 0.2) is 24.5 Å². The molecule has 2 rings (SSSR count). The van der Waals surface area contributed by atoms with E-state index in [-0.39, 0.29) is 0 Å². The molecule has 0 saturated heterocycles. The van der Waals surface area contributed by atoms with Crippen molar-refractivity contribution in [2.45, 2.75) is 6.92 Å². The molecule has 0 aliphatic heterocycles. The lowest BCUT2D eigenvalue weighted by molar-refractivity contribution is -0.120. The van der Waals surface area contributed by atoms with E-state index in [9.17, 15) is 4.79 Å². The molecule has 5 heteroatoms. The van der Waals surface area contributed by atoms with Crippen LogP contribution in [0.1, 0.15) is 5.69 Å². The molecule has 76 valence electrons. The van der Waals surface area contributed by atoms with E-state index in [4.69, 9.17) is 0 Å². The van der Waals surface area contributed by atoms with Crippen molar-refractivity contribution in [3.05, 3.63) is 30.2 Å². The van der Waals surface area contributed by atoms with Crippen molar-refractivity contribution in [3.63, 3.8) is 0 Å². The zero-order valence-electron chi connectivity index (χ0n) is 8.01. The second-order valence-corrected chi connectivity index (χ2v) is 3.88. The van der Waals surface area contributed by atoms with Crippen LogP contribution in [-0.4, -0.2) is 16.4 Å². The van der Waals surface area contributed by atoms with Gasteiger partial charge in [0, 0.05) is 18.1 Å². The molecule has 0 unspecified atom stereocenters. The fourth-order valence-electron chi connectivity index (χ4n) is 1.19. The molecule has 4 nitrogen and oxygen atoms in total. The van der Waals surface area contributed by atoms with E-state index in [1.807, 2.05) is 19.1 Å². The molecule has 2 aromatic rings. The normalized spacial score (nSPS) is 9.93. The zero-order chi connectivity index (χ0) is 10.7. The van der Waals surface area contributed by atoms with E-state index in [1.165, 1.54) is 11.3 Å². The number of hydrogen-bond acceptors (Lipinski definition) is 5. The first-order valence-corrected chi connectivity index (χ1v) is 5.10. The summed E-state index contributed by atoms with van der Waals surface area (Å²) < 4.78 is 4.65. The SMILES string of the molecule is Cc1cc(-c2cnc(OC=O)s2)ccn1. The van der Waals surface area contributed by atoms with Crippen molar-refractivity contribution in [3.8, 4) is 15.6 Å². The summed E-state index contributed by atoms with van der Waals surface area (Å²) in [5.41, 5.74) is 1.97. The third-order valence-electron chi connectivity index (χ3n) is 1.81. The quantitative estimate of drug-likeness (QED) is 0.743. The Kier molecular flexibility index (Phi) is 2.73. The Morgan fingerprint density at radius 3 is 3.07 bits per heavy atom. The maximum atomic E-state index is 10.1. The molecule has 0 spiro atoms. The van der Waals surface area contributed by atoms with Gasteiger partial charge in [-0.25, -0.2) is 4.98 Å². The molecule has 0 bridgehead atoms. The maximum Gasteiger partial charge on any atom is 0.300 e. The average Bonchev–Trinajstić information content (AvgIpc) is 2.67. The van der Waals surface area contributed by atoms with Gasteiger partial charge in [-0.05, 0) is 24.6 Å². The maximum absolute atomic E-state index is 10.1. The highest BCUT2D eigenvalue weighted by Gasteiger charge is 2.05. The highest BCUT2D eigenvalue weighted by atomic mass is 32.1. The molecular formula is C10H8N2O2S. The second-order valence-electron chi connectivity index (χ2n) is 2.89. The van der Waals surface area contributed by atoms with Gasteiger partial charge < -0.3 is 4.74 Å². The van der Waals surface area contributed by atoms with Gasteiger partial charge in [0.05, 0.1) is 4.88 Å². The predicted octanol–water partition coefficient (Wildman–Crippen LogP) is 2.05. The Balaban J connectivity index is 2.32. The van der Waals surface area contributed by atoms with Crippen LogP contribution in [0.5, 0.6) is 5.19 Å². The van der Waals surface area contributed by atoms with Crippen LogP contribution >= 0.6 is 11.3 Å². The number of aryl methyl sites for hydroxylation is 1. The lowest BCUT2D eigenvalue weighted by Gasteiger charge is -1.96. The topological polar surface area (TPSA) is 52.1 Å². The van der Waals surface area contributed by atoms with E-state index in [0.717, 1.165) is 16.1 Å². The van der Waals surface area contributed by atoms with Gasteiger partial charge in [-0.1, -0.05) is 11.3 Å². The predicted molar refractivity (Wildman–Crippen MR) is 56.8 cm³/mol. The summed E-state index contributed by atoms with van der Waals surface area (Å²) in [5.74, 6) is 0. The minimum absolute atomic E-state index is 0.356. The Bertz CT molecular complexity index is 482. The largest absolute Gasteiger partial charge is 0.400 e. The smallest absolute Gasteiger partial charge is 0.300 e. The lowest BCUT2D eigenvalue weighted by Crippen LogP contribution is -1.85. The number of carbonyl (C=O) groups excluding carboxylic acids is 1. The number of nitrogens with zero attached hydrogens (tertiary/aromatic N) is 2. The van der Waals surface area contributed by atoms with Gasteiger partial charge in [-0.15, -0.1) is 0 Å². The number of rotatable bonds is 3. The third-order valence-corrected chi connectivity index (χ3v) is 2.75. The van der Waals surface area contributed by atoms with Gasteiger partial charge in [-0.3, -0.25) is 9.78 Å². The molecule has 0 saturated carbocycles. The molecular weight excluding hydrogens is 212 g/mol. The minimum Gasteiger partial charge on any atom is -0.400 e. The first-order chi connectivity index (χ1) is 7.29. The van der Waals surface area contributed by atoms with E-state index in [1.54, 1.807) is 12.4 Å². The fourth-order valence-corrected chi connectivity index (χ4v) is 1.92. The number of aromatic nitrogens is 2. The first kappa shape index (κ1) is 9.79. The van der Waals surface area contributed by atoms with Gasteiger partial charge in [0.15, 0.2) is 0 Å². The van der Waals surface area contributed by atoms with Gasteiger partial charge in [-0.2, -0.15) is 0 Å². The minimum atomic E-state index is 0.356. The average molecular weight is 220 g/mol. The Morgan fingerprint density at radius 2 is 2.33 bits per heavy atom. The summed E-state index contributed by atoms with van der Waals surface area (Å²) in [6, 6.07) is 3.85. The standard InChI is InChI=1S/C10H8N2O2S/c1-7-4-8(2-3-11-7)9-5-12-10(15-9)14-6-13/h2-6H,1H3. The number of ether oxygens (including phenoxy) is 1. The number of pyridine rings is 1. The molecule has 0 radical (unpaired) electrons. The van der Waals surface area contributed by atoms with Crippen molar-refractivity contribution in [2.24, 2.45) is 0 Å². The van der Waals surface area contributed by atoms with Crippen LogP contribution in [-0.2, 0) is 4.79 Å². The van der Waals surface area contributed by atoms with Crippen molar-refractivity contribution in [1.82, 2.24) is 9.97 Å². The molecule has 0 aliphatic rings. The van der Waals surface area contributed by atoms with Crippen LogP contribution in [0.25, 0.3) is 10.4 Å². The highest BCUT2D eigenvalue weighted by Crippen LogP contribution is 2.29. The summed E-state index contributed by atoms with van der Waals surface area (Å²) >= 11 is 1.33. The zero-order valence-corrected chi connectivity index (χ0v) is 8.82. The van der Waals surface area contributed by atoms with Gasteiger partial charge in [0.1, 0.15) is 0 Å². The number of hydrogen-bond donors (Lipinski definition) is 0. The van der Waals surface area contributed by atoms with Gasteiger partial charge in [0.2, 0.25) is 0 Å². The lowest BCUT2D eigenvalue weighted by atomic mass is 10.2. The van der Waals surface area contributed by atoms with Crippen LogP contribution in [0, 0.1) is 6.92 Å². The van der Waals surface area contributed by atoms with E-state index < -0.39 is 0 Å². The molecule has 0 aromatic carbocycles.